The molecular weight excluding hydrogens is 472 g/mol. The zero-order valence-corrected chi connectivity index (χ0v) is 21.4. The van der Waals surface area contributed by atoms with E-state index < -0.39 is 0 Å². The van der Waals surface area contributed by atoms with Gasteiger partial charge in [-0.3, -0.25) is 0 Å². The summed E-state index contributed by atoms with van der Waals surface area (Å²) in [5.41, 5.74) is 9.19. The summed E-state index contributed by atoms with van der Waals surface area (Å²) in [6.07, 6.45) is 0. The Morgan fingerprint density at radius 1 is 0.282 bits per heavy atom. The SMILES string of the molecule is c1ccc(-c2cccc(-c3oc(-c4cc(-c5ccccc5)ccc4-c4ccccc4)c4ccccc34)c2)cc1. The van der Waals surface area contributed by atoms with Crippen LogP contribution in [-0.2, 0) is 0 Å². The van der Waals surface area contributed by atoms with Crippen molar-refractivity contribution in [2.24, 2.45) is 0 Å². The fourth-order valence-electron chi connectivity index (χ4n) is 5.39. The summed E-state index contributed by atoms with van der Waals surface area (Å²) in [4.78, 5) is 0. The van der Waals surface area contributed by atoms with Crippen molar-refractivity contribution in [2.75, 3.05) is 0 Å². The molecule has 7 aromatic rings. The third kappa shape index (κ3) is 4.35. The standard InChI is InChI=1S/C38H26O/c1-4-13-27(14-5-1)30-19-12-20-32(25-30)37-34-21-10-11-22-35(34)38(39-37)36-26-31(28-15-6-2-7-16-28)23-24-33(36)29-17-8-3-9-18-29/h1-26H. The average molecular weight is 499 g/mol. The molecule has 39 heavy (non-hydrogen) atoms. The number of hydrogen-bond acceptors (Lipinski definition) is 1. The van der Waals surface area contributed by atoms with E-state index >= 15 is 0 Å². The van der Waals surface area contributed by atoms with Gasteiger partial charge in [0.1, 0.15) is 11.5 Å². The van der Waals surface area contributed by atoms with E-state index in [2.05, 4.69) is 152 Å². The van der Waals surface area contributed by atoms with E-state index in [1.54, 1.807) is 0 Å². The van der Waals surface area contributed by atoms with Gasteiger partial charge in [-0.2, -0.15) is 0 Å². The number of hydrogen-bond donors (Lipinski definition) is 0. The zero-order valence-electron chi connectivity index (χ0n) is 21.4. The van der Waals surface area contributed by atoms with Gasteiger partial charge in [0, 0.05) is 21.9 Å². The molecule has 1 heterocycles. The van der Waals surface area contributed by atoms with Crippen LogP contribution in [0.5, 0.6) is 0 Å². The molecule has 1 nitrogen and oxygen atoms in total. The van der Waals surface area contributed by atoms with Crippen LogP contribution in [0.2, 0.25) is 0 Å². The Kier molecular flexibility index (Phi) is 5.88. The molecule has 0 aliphatic heterocycles. The number of benzene rings is 6. The van der Waals surface area contributed by atoms with E-state index in [1.807, 2.05) is 6.07 Å². The second-order valence-electron chi connectivity index (χ2n) is 9.75. The maximum atomic E-state index is 6.88. The molecular formula is C38H26O. The van der Waals surface area contributed by atoms with Crippen molar-refractivity contribution in [2.45, 2.75) is 0 Å². The lowest BCUT2D eigenvalue weighted by atomic mass is 9.92. The monoisotopic (exact) mass is 498 g/mol. The second kappa shape index (κ2) is 9.96. The zero-order chi connectivity index (χ0) is 26.0. The first-order valence-corrected chi connectivity index (χ1v) is 13.3. The van der Waals surface area contributed by atoms with Crippen LogP contribution in [0, 0.1) is 0 Å². The van der Waals surface area contributed by atoms with Gasteiger partial charge in [0.25, 0.3) is 0 Å². The molecule has 0 amide bonds. The molecule has 0 aliphatic rings. The van der Waals surface area contributed by atoms with Crippen molar-refractivity contribution >= 4 is 10.8 Å². The number of rotatable bonds is 5. The molecule has 0 aliphatic carbocycles. The molecule has 0 saturated heterocycles. The van der Waals surface area contributed by atoms with Crippen LogP contribution in [-0.4, -0.2) is 0 Å². The van der Waals surface area contributed by atoms with Gasteiger partial charge in [0.15, 0.2) is 0 Å². The van der Waals surface area contributed by atoms with Crippen LogP contribution in [0.1, 0.15) is 0 Å². The van der Waals surface area contributed by atoms with Crippen LogP contribution < -0.4 is 0 Å². The summed E-state index contributed by atoms with van der Waals surface area (Å²) in [7, 11) is 0. The van der Waals surface area contributed by atoms with Crippen molar-refractivity contribution < 1.29 is 4.42 Å². The lowest BCUT2D eigenvalue weighted by Crippen LogP contribution is -1.87. The summed E-state index contributed by atoms with van der Waals surface area (Å²) < 4.78 is 6.88. The van der Waals surface area contributed by atoms with Gasteiger partial charge in [-0.1, -0.05) is 146 Å². The van der Waals surface area contributed by atoms with Gasteiger partial charge in [-0.15, -0.1) is 0 Å². The number of furan rings is 1. The fourth-order valence-corrected chi connectivity index (χ4v) is 5.39. The minimum absolute atomic E-state index is 0.891. The van der Waals surface area contributed by atoms with Gasteiger partial charge in [-0.25, -0.2) is 0 Å². The lowest BCUT2D eigenvalue weighted by Gasteiger charge is -2.12. The van der Waals surface area contributed by atoms with Crippen molar-refractivity contribution in [3.63, 3.8) is 0 Å². The Morgan fingerprint density at radius 3 is 1.41 bits per heavy atom. The molecule has 0 unspecified atom stereocenters. The predicted molar refractivity (Wildman–Crippen MR) is 163 cm³/mol. The first kappa shape index (κ1) is 23.0. The Balaban J connectivity index is 1.46. The van der Waals surface area contributed by atoms with Crippen LogP contribution >= 0.6 is 0 Å². The molecule has 184 valence electrons. The largest absolute Gasteiger partial charge is 0.455 e. The average Bonchev–Trinajstić information content (AvgIpc) is 3.42. The van der Waals surface area contributed by atoms with Crippen LogP contribution in [0.25, 0.3) is 66.8 Å². The summed E-state index contributed by atoms with van der Waals surface area (Å²) in [5, 5.41) is 2.22. The van der Waals surface area contributed by atoms with Gasteiger partial charge in [0.2, 0.25) is 0 Å². The molecule has 0 N–H and O–H groups in total. The minimum atomic E-state index is 0.891. The molecule has 0 radical (unpaired) electrons. The summed E-state index contributed by atoms with van der Waals surface area (Å²) in [6, 6.07) is 55.4. The van der Waals surface area contributed by atoms with E-state index in [1.165, 1.54) is 27.8 Å². The van der Waals surface area contributed by atoms with E-state index in [0.717, 1.165) is 39.0 Å². The fraction of sp³-hybridized carbons (Fsp3) is 0. The Hall–Kier alpha value is -5.14. The van der Waals surface area contributed by atoms with Gasteiger partial charge in [-0.05, 0) is 45.5 Å². The quantitative estimate of drug-likeness (QED) is 0.230. The highest BCUT2D eigenvalue weighted by Crippen LogP contribution is 2.44. The molecule has 7 rings (SSSR count). The van der Waals surface area contributed by atoms with Crippen LogP contribution in [0.15, 0.2) is 162 Å². The van der Waals surface area contributed by atoms with E-state index in [9.17, 15) is 0 Å². The molecule has 0 bridgehead atoms. The van der Waals surface area contributed by atoms with Crippen LogP contribution in [0.3, 0.4) is 0 Å². The van der Waals surface area contributed by atoms with E-state index in [4.69, 9.17) is 4.42 Å². The Bertz CT molecular complexity index is 1880. The highest BCUT2D eigenvalue weighted by Gasteiger charge is 2.20. The lowest BCUT2D eigenvalue weighted by molar-refractivity contribution is 0.602. The Morgan fingerprint density at radius 2 is 0.769 bits per heavy atom. The smallest absolute Gasteiger partial charge is 0.143 e. The highest BCUT2D eigenvalue weighted by molar-refractivity contribution is 6.05. The highest BCUT2D eigenvalue weighted by atomic mass is 16.3. The molecule has 6 aromatic carbocycles. The molecule has 0 fully saturated rings. The van der Waals surface area contributed by atoms with Crippen molar-refractivity contribution in [1.82, 2.24) is 0 Å². The van der Waals surface area contributed by atoms with E-state index in [-0.39, 0.29) is 0 Å². The first-order chi connectivity index (χ1) is 19.3. The van der Waals surface area contributed by atoms with Crippen molar-refractivity contribution in [1.29, 1.82) is 0 Å². The molecule has 0 atom stereocenters. The molecule has 0 saturated carbocycles. The molecule has 1 aromatic heterocycles. The van der Waals surface area contributed by atoms with Gasteiger partial charge < -0.3 is 4.42 Å². The maximum Gasteiger partial charge on any atom is 0.143 e. The molecule has 1 heteroatoms. The number of fused-ring (bicyclic) bond motifs is 1. The summed E-state index contributed by atoms with van der Waals surface area (Å²) in [5.74, 6) is 1.78. The van der Waals surface area contributed by atoms with Crippen molar-refractivity contribution in [3.05, 3.63) is 158 Å². The van der Waals surface area contributed by atoms with Gasteiger partial charge in [0.05, 0.1) is 0 Å². The Labute approximate surface area is 228 Å². The normalized spacial score (nSPS) is 11.1. The van der Waals surface area contributed by atoms with Crippen molar-refractivity contribution in [3.8, 4) is 56.0 Å². The topological polar surface area (TPSA) is 13.1 Å². The molecule has 0 spiro atoms. The third-order valence-corrected chi connectivity index (χ3v) is 7.31. The maximum absolute atomic E-state index is 6.88. The second-order valence-corrected chi connectivity index (χ2v) is 9.75. The predicted octanol–water partition coefficient (Wildman–Crippen LogP) is 10.8. The minimum Gasteiger partial charge on any atom is -0.455 e. The van der Waals surface area contributed by atoms with Crippen LogP contribution in [0.4, 0.5) is 0 Å². The first-order valence-electron chi connectivity index (χ1n) is 13.3. The van der Waals surface area contributed by atoms with E-state index in [0.29, 0.717) is 0 Å². The summed E-state index contributed by atoms with van der Waals surface area (Å²) in [6.45, 7) is 0. The third-order valence-electron chi connectivity index (χ3n) is 7.31. The summed E-state index contributed by atoms with van der Waals surface area (Å²) >= 11 is 0. The van der Waals surface area contributed by atoms with Gasteiger partial charge >= 0.3 is 0 Å².